The first-order valence-corrected chi connectivity index (χ1v) is 29.0. The van der Waals surface area contributed by atoms with E-state index in [1.54, 1.807) is 0 Å². The first-order chi connectivity index (χ1) is 42.7. The van der Waals surface area contributed by atoms with Crippen LogP contribution in [0.15, 0.2) is 188 Å². The van der Waals surface area contributed by atoms with E-state index in [1.807, 2.05) is 36.4 Å². The zero-order valence-corrected chi connectivity index (χ0v) is 48.0. The normalized spacial score (nSPS) is 13.0. The van der Waals surface area contributed by atoms with Gasteiger partial charge in [-0.05, 0) is 36.4 Å². The largest absolute Gasteiger partial charge is 0.0586 e. The molecule has 0 aliphatic rings. The average molecular weight is 1400 g/mol. The van der Waals surface area contributed by atoms with Gasteiger partial charge in [-0.15, -0.1) is 0 Å². The van der Waals surface area contributed by atoms with Gasteiger partial charge in [0.05, 0.1) is 44.5 Å². The Morgan fingerprint density at radius 3 is 0.783 bits per heavy atom. The predicted molar refractivity (Wildman–Crippen MR) is 293 cm³/mol. The quantitative estimate of drug-likeness (QED) is 0.0487. The van der Waals surface area contributed by atoms with E-state index in [9.17, 15) is 105 Å². The van der Waals surface area contributed by atoms with Crippen LogP contribution in [0, 0.1) is 0 Å². The molecule has 0 aliphatic heterocycles. The van der Waals surface area contributed by atoms with Crippen LogP contribution in [0.1, 0.15) is 44.5 Å². The zero-order valence-electron chi connectivity index (χ0n) is 46.3. The minimum absolute atomic E-state index is 0.497. The van der Waals surface area contributed by atoms with Crippen molar-refractivity contribution in [3.05, 3.63) is 233 Å². The zero-order chi connectivity index (χ0) is 67.9. The standard InChI is InChI=1S/C32H12BF24.C30H31O4Se/c34-25(35,36)13-1-14(26(37,38)39)6-21(5-13)33(22-7-15(27(40,41)42)2-16(8-22)28(43,44)45,23-9-17(29(46,47)48)3-18(10-23)30(49,50)51)24-11-19(31(52,53)54)4-20(12-24)32(55,56)57;1-4-12-26(13-5-1)33-24-22-31-20-21-32-23-25-34-29-18-10-11-19-30(29)35(27-14-6-2-7-15-27)28-16-8-3-9-17-28/h1-12H;1-19H,20-25H2/q-1;+1. The fourth-order valence-corrected chi connectivity index (χ4v) is 14.2. The molecule has 0 spiro atoms. The molecule has 0 saturated heterocycles. The number of halogens is 24. The van der Waals surface area contributed by atoms with Gasteiger partial charge in [-0.25, -0.2) is 0 Å². The molecule has 0 fully saturated rings. The third-order valence-corrected chi connectivity index (χ3v) is 18.3. The summed E-state index contributed by atoms with van der Waals surface area (Å²) in [5.41, 5.74) is -30.2. The van der Waals surface area contributed by atoms with Gasteiger partial charge in [0.1, 0.15) is 11.9 Å². The van der Waals surface area contributed by atoms with Crippen molar-refractivity contribution < 1.29 is 124 Å². The Bertz CT molecular complexity index is 3260. The van der Waals surface area contributed by atoms with E-state index in [1.165, 1.54) is 13.4 Å². The second-order valence-corrected chi connectivity index (χ2v) is 24.0. The number of hydrogen-bond donors (Lipinski definition) is 0. The predicted octanol–water partition coefficient (Wildman–Crippen LogP) is 14.9. The Hall–Kier alpha value is -7.82. The van der Waals surface area contributed by atoms with Crippen LogP contribution in [-0.4, -0.2) is 59.7 Å². The number of ether oxygens (including phenoxy) is 4. The minimum Gasteiger partial charge on any atom is -0.0586 e. The van der Waals surface area contributed by atoms with Crippen molar-refractivity contribution in [1.29, 1.82) is 0 Å². The van der Waals surface area contributed by atoms with Crippen molar-refractivity contribution in [1.82, 2.24) is 0 Å². The molecule has 492 valence electrons. The summed E-state index contributed by atoms with van der Waals surface area (Å²) in [6.07, 6.45) is -54.8. The Kier molecular flexibility index (Phi) is 21.9. The van der Waals surface area contributed by atoms with E-state index in [2.05, 4.69) is 78.9 Å². The maximum absolute atomic E-state index is 14.2. The first-order valence-electron chi connectivity index (χ1n) is 26.4. The molecule has 8 aromatic rings. The molecular formula is C62H43BF24O4Se. The van der Waals surface area contributed by atoms with Gasteiger partial charge in [0.15, 0.2) is 0 Å². The van der Waals surface area contributed by atoms with E-state index in [-0.39, 0.29) is 0 Å². The van der Waals surface area contributed by atoms with E-state index >= 15 is 0 Å². The SMILES string of the molecule is FC(F)(F)c1cc([B-](c2cc(C(F)(F)F)cc(C(F)(F)F)c2)(c2cc(C(F)(F)F)cc(C(F)(F)F)c2)c2cc(C(F)(F)F)cc(C(F)(F)F)c2)cc(C(F)(F)F)c1.c1ccc(OCCOCCOCCOc2ccccc2[Se+](c2ccccc2)c2ccccc2)cc1. The van der Waals surface area contributed by atoms with E-state index in [0.717, 1.165) is 11.5 Å². The van der Waals surface area contributed by atoms with Crippen LogP contribution in [0.3, 0.4) is 0 Å². The molecule has 92 heavy (non-hydrogen) atoms. The second-order valence-electron chi connectivity index (χ2n) is 19.8. The molecule has 0 radical (unpaired) electrons. The fraction of sp³-hybridized carbons (Fsp3) is 0.226. The molecule has 0 atom stereocenters. The summed E-state index contributed by atoms with van der Waals surface area (Å²) in [7, 11) is 0. The average Bonchev–Trinajstić information content (AvgIpc) is 0.709. The first kappa shape index (κ1) is 71.6. The summed E-state index contributed by atoms with van der Waals surface area (Å²) in [4.78, 5) is 0. The minimum atomic E-state index is -6.13. The van der Waals surface area contributed by atoms with Crippen LogP contribution < -0.4 is 44.7 Å². The Morgan fingerprint density at radius 2 is 0.500 bits per heavy atom. The van der Waals surface area contributed by atoms with Crippen LogP contribution in [0.25, 0.3) is 0 Å². The molecule has 0 aromatic heterocycles. The topological polar surface area (TPSA) is 36.9 Å². The van der Waals surface area contributed by atoms with Gasteiger partial charge >= 0.3 is 226 Å². The van der Waals surface area contributed by atoms with Crippen molar-refractivity contribution in [2.45, 2.75) is 49.4 Å². The van der Waals surface area contributed by atoms with Crippen molar-refractivity contribution in [3.8, 4) is 11.5 Å². The number of alkyl halides is 24. The van der Waals surface area contributed by atoms with Crippen molar-refractivity contribution >= 4 is 55.3 Å². The summed E-state index contributed by atoms with van der Waals surface area (Å²) in [5, 5.41) is 0. The van der Waals surface area contributed by atoms with E-state index < -0.39 is 209 Å². The van der Waals surface area contributed by atoms with E-state index in [4.69, 9.17) is 18.9 Å². The van der Waals surface area contributed by atoms with Gasteiger partial charge in [0.25, 0.3) is 0 Å². The van der Waals surface area contributed by atoms with Crippen LogP contribution in [-0.2, 0) is 58.9 Å². The van der Waals surface area contributed by atoms with Gasteiger partial charge in [0, 0.05) is 0 Å². The summed E-state index contributed by atoms with van der Waals surface area (Å²) < 4.78 is 368. The maximum Gasteiger partial charge on any atom is -0.0200 e. The van der Waals surface area contributed by atoms with Gasteiger partial charge in [-0.2, -0.15) is 127 Å². The third-order valence-electron chi connectivity index (χ3n) is 13.6. The summed E-state index contributed by atoms with van der Waals surface area (Å²) in [5.74, 6) is 1.79. The maximum atomic E-state index is 14.2. The van der Waals surface area contributed by atoms with Crippen molar-refractivity contribution in [3.63, 3.8) is 0 Å². The van der Waals surface area contributed by atoms with Crippen LogP contribution in [0.4, 0.5) is 105 Å². The van der Waals surface area contributed by atoms with Gasteiger partial charge in [-0.3, -0.25) is 0 Å². The number of para-hydroxylation sites is 2. The monoisotopic (exact) mass is 1400 g/mol. The molecule has 4 nitrogen and oxygen atoms in total. The molecule has 0 unspecified atom stereocenters. The molecule has 8 rings (SSSR count). The molecule has 8 aromatic carbocycles. The molecular weight excluding hydrogens is 1350 g/mol. The van der Waals surface area contributed by atoms with Crippen molar-refractivity contribution in [2.24, 2.45) is 0 Å². The third kappa shape index (κ3) is 18.3. The molecule has 0 heterocycles. The summed E-state index contributed by atoms with van der Waals surface area (Å²) in [6.45, 7) is 3.13. The number of rotatable bonds is 18. The van der Waals surface area contributed by atoms with E-state index in [0.29, 0.717) is 39.6 Å². The molecule has 0 bridgehead atoms. The second kappa shape index (κ2) is 28.2. The van der Waals surface area contributed by atoms with Crippen LogP contribution in [0.2, 0.25) is 0 Å². The van der Waals surface area contributed by atoms with Gasteiger partial charge in [-0.1, -0.05) is 66.7 Å². The summed E-state index contributed by atoms with van der Waals surface area (Å²) >= 11 is -1.48. The van der Waals surface area contributed by atoms with Crippen molar-refractivity contribution in [2.75, 3.05) is 39.6 Å². The molecule has 30 heteroatoms. The summed E-state index contributed by atoms with van der Waals surface area (Å²) in [6, 6.07) is 30.8. The van der Waals surface area contributed by atoms with Gasteiger partial charge in [0.2, 0.25) is 0 Å². The Balaban J connectivity index is 0.000000292. The molecule has 0 aliphatic carbocycles. The Morgan fingerprint density at radius 1 is 0.261 bits per heavy atom. The number of hydrogen-bond acceptors (Lipinski definition) is 4. The fourth-order valence-electron chi connectivity index (χ4n) is 9.58. The Labute approximate surface area is 511 Å². The smallest absolute Gasteiger partial charge is 0.0200 e. The molecule has 0 saturated carbocycles. The van der Waals surface area contributed by atoms with Gasteiger partial charge < -0.3 is 0 Å². The van der Waals surface area contributed by atoms with Crippen LogP contribution in [0.5, 0.6) is 11.5 Å². The molecule has 0 N–H and O–H groups in total. The van der Waals surface area contributed by atoms with Crippen LogP contribution >= 0.6 is 0 Å². The number of benzene rings is 8. The molecule has 0 amide bonds.